The number of aromatic amines is 1. The first-order valence-corrected chi connectivity index (χ1v) is 6.52. The Labute approximate surface area is 110 Å². The molecular weight excluding hydrogens is 280 g/mol. The second-order valence-corrected chi connectivity index (χ2v) is 5.69. The lowest BCUT2D eigenvalue weighted by molar-refractivity contribution is 0.640. The summed E-state index contributed by atoms with van der Waals surface area (Å²) in [5.74, 6) is 0.621. The zero-order valence-corrected chi connectivity index (χ0v) is 12.2. The summed E-state index contributed by atoms with van der Waals surface area (Å²) in [6, 6.07) is 2.00. The highest BCUT2D eigenvalue weighted by molar-refractivity contribution is 9.10. The summed E-state index contributed by atoms with van der Waals surface area (Å²) < 4.78 is 0.873. The Bertz CT molecular complexity index is 509. The summed E-state index contributed by atoms with van der Waals surface area (Å²) in [5, 5.41) is 9.08. The van der Waals surface area contributed by atoms with Gasteiger partial charge in [-0.25, -0.2) is 0 Å². The molecule has 0 aliphatic carbocycles. The van der Waals surface area contributed by atoms with E-state index >= 15 is 0 Å². The molecule has 0 saturated heterocycles. The van der Waals surface area contributed by atoms with Gasteiger partial charge in [0.1, 0.15) is 11.6 Å². The Morgan fingerprint density at radius 1 is 1.35 bits per heavy atom. The van der Waals surface area contributed by atoms with Crippen molar-refractivity contribution in [3.05, 3.63) is 31.6 Å². The van der Waals surface area contributed by atoms with Crippen LogP contribution in [0.15, 0.2) is 9.27 Å². The maximum atomic E-state index is 11.8. The molecule has 1 aromatic heterocycles. The number of halogens is 1. The quantitative estimate of drug-likeness (QED) is 0.930. The Morgan fingerprint density at radius 2 is 1.94 bits per heavy atom. The van der Waals surface area contributed by atoms with E-state index in [9.17, 15) is 4.79 Å². The Morgan fingerprint density at radius 3 is 2.35 bits per heavy atom. The van der Waals surface area contributed by atoms with Gasteiger partial charge in [-0.3, -0.25) is 4.79 Å². The summed E-state index contributed by atoms with van der Waals surface area (Å²) in [7, 11) is 0. The predicted molar refractivity (Wildman–Crippen MR) is 72.1 cm³/mol. The maximum absolute atomic E-state index is 11.8. The Balaban J connectivity index is 3.53. The first-order chi connectivity index (χ1) is 7.88. The van der Waals surface area contributed by atoms with Gasteiger partial charge in [-0.2, -0.15) is 5.26 Å². The SMILES string of the molecule is CC(C)Cc1c(Br)c(C(C)C)[nH]c(=O)c1C#N. The third-order valence-corrected chi connectivity index (χ3v) is 3.49. The van der Waals surface area contributed by atoms with Crippen LogP contribution in [0.2, 0.25) is 0 Å². The molecule has 1 rings (SSSR count). The molecule has 0 unspecified atom stereocenters. The molecule has 0 aliphatic heterocycles. The molecule has 0 aromatic carbocycles. The molecule has 0 bridgehead atoms. The van der Waals surface area contributed by atoms with E-state index in [1.807, 2.05) is 19.9 Å². The van der Waals surface area contributed by atoms with Gasteiger partial charge in [0.15, 0.2) is 0 Å². The molecule has 3 nitrogen and oxygen atoms in total. The zero-order chi connectivity index (χ0) is 13.2. The van der Waals surface area contributed by atoms with E-state index in [-0.39, 0.29) is 17.0 Å². The summed E-state index contributed by atoms with van der Waals surface area (Å²) in [4.78, 5) is 14.6. The van der Waals surface area contributed by atoms with Crippen molar-refractivity contribution < 1.29 is 0 Å². The molecule has 1 aromatic rings. The van der Waals surface area contributed by atoms with Crippen molar-refractivity contribution in [2.75, 3.05) is 0 Å². The molecule has 17 heavy (non-hydrogen) atoms. The smallest absolute Gasteiger partial charge is 0.266 e. The molecule has 1 N–H and O–H groups in total. The first kappa shape index (κ1) is 14.0. The maximum Gasteiger partial charge on any atom is 0.266 e. The summed E-state index contributed by atoms with van der Waals surface area (Å²) in [6.45, 7) is 8.18. The van der Waals surface area contributed by atoms with E-state index in [0.29, 0.717) is 5.92 Å². The molecule has 0 amide bonds. The standard InChI is InChI=1S/C13H17BrN2O/c1-7(2)5-9-10(6-15)13(17)16-12(8(3)4)11(9)14/h7-8H,5H2,1-4H3,(H,16,17). The number of nitrogens with one attached hydrogen (secondary N) is 1. The average molecular weight is 297 g/mol. The van der Waals surface area contributed by atoms with Gasteiger partial charge in [0.25, 0.3) is 5.56 Å². The number of nitrogens with zero attached hydrogens (tertiary/aromatic N) is 1. The van der Waals surface area contributed by atoms with Crippen LogP contribution in [-0.2, 0) is 6.42 Å². The van der Waals surface area contributed by atoms with Crippen LogP contribution in [-0.4, -0.2) is 4.98 Å². The van der Waals surface area contributed by atoms with E-state index < -0.39 is 0 Å². The van der Waals surface area contributed by atoms with Crippen molar-refractivity contribution in [3.8, 4) is 6.07 Å². The summed E-state index contributed by atoms with van der Waals surface area (Å²) in [6.07, 6.45) is 0.729. The van der Waals surface area contributed by atoms with E-state index in [0.717, 1.165) is 22.2 Å². The highest BCUT2D eigenvalue weighted by atomic mass is 79.9. The zero-order valence-electron chi connectivity index (χ0n) is 10.6. The van der Waals surface area contributed by atoms with E-state index in [1.54, 1.807) is 0 Å². The second kappa shape index (κ2) is 5.50. The lowest BCUT2D eigenvalue weighted by atomic mass is 9.97. The number of aromatic nitrogens is 1. The number of pyridine rings is 1. The number of hydrogen-bond donors (Lipinski definition) is 1. The van der Waals surface area contributed by atoms with Crippen LogP contribution >= 0.6 is 15.9 Å². The normalized spacial score (nSPS) is 10.9. The van der Waals surface area contributed by atoms with Crippen LogP contribution in [0.4, 0.5) is 0 Å². The van der Waals surface area contributed by atoms with Crippen molar-refractivity contribution in [2.24, 2.45) is 5.92 Å². The number of hydrogen-bond acceptors (Lipinski definition) is 2. The monoisotopic (exact) mass is 296 g/mol. The second-order valence-electron chi connectivity index (χ2n) is 4.90. The first-order valence-electron chi connectivity index (χ1n) is 5.73. The average Bonchev–Trinajstić information content (AvgIpc) is 2.22. The van der Waals surface area contributed by atoms with Crippen LogP contribution in [0.5, 0.6) is 0 Å². The molecule has 1 heterocycles. The molecule has 0 aliphatic rings. The van der Waals surface area contributed by atoms with Crippen molar-refractivity contribution in [2.45, 2.75) is 40.0 Å². The van der Waals surface area contributed by atoms with E-state index in [1.165, 1.54) is 0 Å². The molecule has 0 spiro atoms. The molecule has 0 atom stereocenters. The minimum absolute atomic E-state index is 0.218. The topological polar surface area (TPSA) is 56.6 Å². The van der Waals surface area contributed by atoms with Gasteiger partial charge < -0.3 is 4.98 Å². The summed E-state index contributed by atoms with van der Waals surface area (Å²) >= 11 is 3.51. The van der Waals surface area contributed by atoms with Crippen molar-refractivity contribution >= 4 is 15.9 Å². The van der Waals surface area contributed by atoms with Gasteiger partial charge in [-0.1, -0.05) is 27.7 Å². The largest absolute Gasteiger partial charge is 0.324 e. The fraction of sp³-hybridized carbons (Fsp3) is 0.538. The highest BCUT2D eigenvalue weighted by Gasteiger charge is 2.18. The number of nitriles is 1. The van der Waals surface area contributed by atoms with E-state index in [4.69, 9.17) is 5.26 Å². The van der Waals surface area contributed by atoms with Crippen LogP contribution in [0, 0.1) is 17.2 Å². The minimum atomic E-state index is -0.282. The fourth-order valence-electron chi connectivity index (χ4n) is 1.76. The van der Waals surface area contributed by atoms with Gasteiger partial charge in [-0.05, 0) is 39.8 Å². The van der Waals surface area contributed by atoms with Gasteiger partial charge in [0.05, 0.1) is 0 Å². The molecule has 0 saturated carbocycles. The van der Waals surface area contributed by atoms with E-state index in [2.05, 4.69) is 34.8 Å². The van der Waals surface area contributed by atoms with Gasteiger partial charge in [0, 0.05) is 10.2 Å². The third-order valence-electron chi connectivity index (χ3n) is 2.58. The Kier molecular flexibility index (Phi) is 4.53. The van der Waals surface area contributed by atoms with Crippen LogP contribution in [0.25, 0.3) is 0 Å². The van der Waals surface area contributed by atoms with Gasteiger partial charge in [-0.15, -0.1) is 0 Å². The molecular formula is C13H17BrN2O. The molecule has 0 fully saturated rings. The van der Waals surface area contributed by atoms with Crippen molar-refractivity contribution in [1.29, 1.82) is 5.26 Å². The predicted octanol–water partition coefficient (Wildman–Crippen LogP) is 3.33. The summed E-state index contributed by atoms with van der Waals surface area (Å²) in [5.41, 5.74) is 1.64. The van der Waals surface area contributed by atoms with Crippen molar-refractivity contribution in [3.63, 3.8) is 0 Å². The fourth-order valence-corrected chi connectivity index (χ4v) is 2.68. The Hall–Kier alpha value is -1.08. The number of rotatable bonds is 3. The third kappa shape index (κ3) is 2.98. The highest BCUT2D eigenvalue weighted by Crippen LogP contribution is 2.28. The molecule has 92 valence electrons. The van der Waals surface area contributed by atoms with Crippen LogP contribution < -0.4 is 5.56 Å². The molecule has 0 radical (unpaired) electrons. The van der Waals surface area contributed by atoms with Crippen LogP contribution in [0.1, 0.15) is 50.4 Å². The van der Waals surface area contributed by atoms with Crippen LogP contribution in [0.3, 0.4) is 0 Å². The van der Waals surface area contributed by atoms with Gasteiger partial charge >= 0.3 is 0 Å². The van der Waals surface area contributed by atoms with Gasteiger partial charge in [0.2, 0.25) is 0 Å². The minimum Gasteiger partial charge on any atom is -0.324 e. The lowest BCUT2D eigenvalue weighted by Gasteiger charge is -2.15. The number of H-pyrrole nitrogens is 1. The molecule has 4 heteroatoms. The lowest BCUT2D eigenvalue weighted by Crippen LogP contribution is -2.18. The van der Waals surface area contributed by atoms with Crippen molar-refractivity contribution in [1.82, 2.24) is 4.98 Å².